The maximum absolute atomic E-state index is 11.1. The summed E-state index contributed by atoms with van der Waals surface area (Å²) in [5, 5.41) is 8.07. The van der Waals surface area contributed by atoms with E-state index in [0.717, 1.165) is 36.1 Å². The van der Waals surface area contributed by atoms with Crippen LogP contribution in [0.25, 0.3) is 11.6 Å². The van der Waals surface area contributed by atoms with Crippen LogP contribution in [0.2, 0.25) is 0 Å². The molecule has 0 amide bonds. The SMILES string of the molecule is CCCc1nnc(-c2c(C)c(C=O)c(C)n2C)o1. The highest BCUT2D eigenvalue weighted by molar-refractivity contribution is 5.83. The number of aldehydes is 1. The summed E-state index contributed by atoms with van der Waals surface area (Å²) >= 11 is 0. The summed E-state index contributed by atoms with van der Waals surface area (Å²) in [5.41, 5.74) is 3.32. The Balaban J connectivity index is 2.53. The predicted molar refractivity (Wildman–Crippen MR) is 67.6 cm³/mol. The van der Waals surface area contributed by atoms with Gasteiger partial charge in [0.05, 0.1) is 0 Å². The Morgan fingerprint density at radius 2 is 2.06 bits per heavy atom. The van der Waals surface area contributed by atoms with Crippen molar-refractivity contribution in [3.05, 3.63) is 22.7 Å². The Bertz CT molecular complexity index is 581. The van der Waals surface area contributed by atoms with Gasteiger partial charge in [-0.05, 0) is 25.8 Å². The van der Waals surface area contributed by atoms with E-state index in [4.69, 9.17) is 4.42 Å². The second-order valence-corrected chi connectivity index (χ2v) is 4.40. The van der Waals surface area contributed by atoms with Crippen LogP contribution in [0, 0.1) is 13.8 Å². The molecule has 5 heteroatoms. The lowest BCUT2D eigenvalue weighted by molar-refractivity contribution is 0.112. The fraction of sp³-hybridized carbons (Fsp3) is 0.462. The lowest BCUT2D eigenvalue weighted by Crippen LogP contribution is -1.95. The molecule has 2 heterocycles. The summed E-state index contributed by atoms with van der Waals surface area (Å²) in [6.07, 6.45) is 2.61. The van der Waals surface area contributed by atoms with Gasteiger partial charge in [0.2, 0.25) is 5.89 Å². The van der Waals surface area contributed by atoms with Gasteiger partial charge in [0, 0.05) is 24.7 Å². The molecule has 0 saturated heterocycles. The van der Waals surface area contributed by atoms with Crippen LogP contribution < -0.4 is 0 Å². The van der Waals surface area contributed by atoms with Crippen LogP contribution in [0.5, 0.6) is 0 Å². The molecular weight excluding hydrogens is 230 g/mol. The number of carbonyl (C=O) groups is 1. The summed E-state index contributed by atoms with van der Waals surface area (Å²) in [4.78, 5) is 11.1. The van der Waals surface area contributed by atoms with Crippen molar-refractivity contribution in [1.29, 1.82) is 0 Å². The Hall–Kier alpha value is -1.91. The van der Waals surface area contributed by atoms with E-state index >= 15 is 0 Å². The predicted octanol–water partition coefficient (Wildman–Crippen LogP) is 2.46. The van der Waals surface area contributed by atoms with Gasteiger partial charge in [0.25, 0.3) is 5.89 Å². The van der Waals surface area contributed by atoms with Crippen molar-refractivity contribution < 1.29 is 9.21 Å². The van der Waals surface area contributed by atoms with E-state index in [0.29, 0.717) is 17.3 Å². The fourth-order valence-electron chi connectivity index (χ4n) is 2.14. The van der Waals surface area contributed by atoms with Gasteiger partial charge in [-0.15, -0.1) is 10.2 Å². The monoisotopic (exact) mass is 247 g/mol. The average Bonchev–Trinajstić information content (AvgIpc) is 2.86. The molecule has 0 fully saturated rings. The van der Waals surface area contributed by atoms with Crippen LogP contribution in [0.4, 0.5) is 0 Å². The largest absolute Gasteiger partial charge is 0.419 e. The first kappa shape index (κ1) is 12.5. The van der Waals surface area contributed by atoms with Gasteiger partial charge >= 0.3 is 0 Å². The molecule has 96 valence electrons. The minimum absolute atomic E-state index is 0.481. The lowest BCUT2D eigenvalue weighted by Gasteiger charge is -2.00. The maximum atomic E-state index is 11.1. The van der Waals surface area contributed by atoms with Crippen molar-refractivity contribution >= 4 is 6.29 Å². The summed E-state index contributed by atoms with van der Waals surface area (Å²) in [5.74, 6) is 1.12. The minimum atomic E-state index is 0.481. The van der Waals surface area contributed by atoms with Crippen molar-refractivity contribution in [2.75, 3.05) is 0 Å². The second-order valence-electron chi connectivity index (χ2n) is 4.40. The summed E-state index contributed by atoms with van der Waals surface area (Å²) < 4.78 is 7.54. The number of hydrogen-bond donors (Lipinski definition) is 0. The van der Waals surface area contributed by atoms with Gasteiger partial charge in [-0.2, -0.15) is 0 Å². The Morgan fingerprint density at radius 3 is 2.61 bits per heavy atom. The molecule has 0 aliphatic heterocycles. The van der Waals surface area contributed by atoms with Crippen LogP contribution in [0.1, 0.15) is 40.9 Å². The number of hydrogen-bond acceptors (Lipinski definition) is 4. The molecule has 0 atom stereocenters. The Morgan fingerprint density at radius 1 is 1.33 bits per heavy atom. The third-order valence-electron chi connectivity index (χ3n) is 3.24. The molecule has 2 rings (SSSR count). The number of aryl methyl sites for hydroxylation is 1. The number of aromatic nitrogens is 3. The zero-order valence-corrected chi connectivity index (χ0v) is 11.1. The van der Waals surface area contributed by atoms with E-state index < -0.39 is 0 Å². The van der Waals surface area contributed by atoms with Gasteiger partial charge in [0.1, 0.15) is 5.69 Å². The zero-order chi connectivity index (χ0) is 13.3. The molecule has 0 radical (unpaired) electrons. The van der Waals surface area contributed by atoms with Gasteiger partial charge in [-0.25, -0.2) is 0 Å². The first-order valence-corrected chi connectivity index (χ1v) is 6.03. The van der Waals surface area contributed by atoms with E-state index in [2.05, 4.69) is 17.1 Å². The van der Waals surface area contributed by atoms with E-state index in [1.165, 1.54) is 0 Å². The van der Waals surface area contributed by atoms with Crippen molar-refractivity contribution in [2.45, 2.75) is 33.6 Å². The molecular formula is C13H17N3O2. The molecule has 2 aromatic rings. The zero-order valence-electron chi connectivity index (χ0n) is 11.1. The molecule has 5 nitrogen and oxygen atoms in total. The number of rotatable bonds is 4. The van der Waals surface area contributed by atoms with Crippen molar-refractivity contribution in [1.82, 2.24) is 14.8 Å². The van der Waals surface area contributed by atoms with E-state index in [1.807, 2.05) is 25.5 Å². The quantitative estimate of drug-likeness (QED) is 0.779. The van der Waals surface area contributed by atoms with E-state index in [1.54, 1.807) is 0 Å². The normalized spacial score (nSPS) is 10.9. The molecule has 0 unspecified atom stereocenters. The maximum Gasteiger partial charge on any atom is 0.264 e. The smallest absolute Gasteiger partial charge is 0.264 e. The molecule has 0 aliphatic carbocycles. The Labute approximate surface area is 106 Å². The van der Waals surface area contributed by atoms with Crippen molar-refractivity contribution in [3.63, 3.8) is 0 Å². The molecule has 2 aromatic heterocycles. The number of carbonyl (C=O) groups excluding carboxylic acids is 1. The van der Waals surface area contributed by atoms with Crippen LogP contribution in [-0.4, -0.2) is 21.1 Å². The van der Waals surface area contributed by atoms with Gasteiger partial charge in [-0.1, -0.05) is 6.92 Å². The van der Waals surface area contributed by atoms with E-state index in [9.17, 15) is 4.79 Å². The van der Waals surface area contributed by atoms with Gasteiger partial charge < -0.3 is 8.98 Å². The molecule has 0 saturated carbocycles. The van der Waals surface area contributed by atoms with Crippen molar-refractivity contribution in [2.24, 2.45) is 7.05 Å². The number of nitrogens with zero attached hydrogens (tertiary/aromatic N) is 3. The van der Waals surface area contributed by atoms with Gasteiger partial charge in [0.15, 0.2) is 6.29 Å². The fourth-order valence-corrected chi connectivity index (χ4v) is 2.14. The summed E-state index contributed by atoms with van der Waals surface area (Å²) in [7, 11) is 1.90. The van der Waals surface area contributed by atoms with Crippen LogP contribution in [0.3, 0.4) is 0 Å². The third-order valence-corrected chi connectivity index (χ3v) is 3.24. The first-order valence-electron chi connectivity index (χ1n) is 6.03. The molecule has 0 N–H and O–H groups in total. The standard InChI is InChI=1S/C13H17N3O2/c1-5-6-11-14-15-13(18-11)12-8(2)10(7-17)9(3)16(12)4/h7H,5-6H2,1-4H3. The van der Waals surface area contributed by atoms with Gasteiger partial charge in [-0.3, -0.25) is 4.79 Å². The van der Waals surface area contributed by atoms with Crippen LogP contribution in [-0.2, 0) is 13.5 Å². The third kappa shape index (κ3) is 1.85. The van der Waals surface area contributed by atoms with Crippen molar-refractivity contribution in [3.8, 4) is 11.6 Å². The van der Waals surface area contributed by atoms with Crippen LogP contribution in [0.15, 0.2) is 4.42 Å². The average molecular weight is 247 g/mol. The highest BCUT2D eigenvalue weighted by Crippen LogP contribution is 2.28. The highest BCUT2D eigenvalue weighted by Gasteiger charge is 2.20. The molecule has 0 spiro atoms. The molecule has 0 bridgehead atoms. The van der Waals surface area contributed by atoms with Crippen LogP contribution >= 0.6 is 0 Å². The second kappa shape index (κ2) is 4.76. The topological polar surface area (TPSA) is 60.9 Å². The molecule has 0 aromatic carbocycles. The minimum Gasteiger partial charge on any atom is -0.419 e. The van der Waals surface area contributed by atoms with E-state index in [-0.39, 0.29) is 0 Å². The highest BCUT2D eigenvalue weighted by atomic mass is 16.4. The summed E-state index contributed by atoms with van der Waals surface area (Å²) in [6, 6.07) is 0. The Kier molecular flexibility index (Phi) is 3.32. The lowest BCUT2D eigenvalue weighted by atomic mass is 10.1. The summed E-state index contributed by atoms with van der Waals surface area (Å²) in [6.45, 7) is 5.87. The first-order chi connectivity index (χ1) is 8.60. The molecule has 18 heavy (non-hydrogen) atoms. The molecule has 0 aliphatic rings.